The van der Waals surface area contributed by atoms with Crippen molar-refractivity contribution in [3.05, 3.63) is 60.2 Å². The lowest BCUT2D eigenvalue weighted by Gasteiger charge is -2.32. The summed E-state index contributed by atoms with van der Waals surface area (Å²) in [4.78, 5) is 29.7. The second kappa shape index (κ2) is 11.5. The van der Waals surface area contributed by atoms with Crippen molar-refractivity contribution in [1.82, 2.24) is 14.1 Å². The second-order valence-electron chi connectivity index (χ2n) is 9.47. The Morgan fingerprint density at radius 1 is 1.06 bits per heavy atom. The van der Waals surface area contributed by atoms with Gasteiger partial charge < -0.3 is 15.3 Å². The van der Waals surface area contributed by atoms with Gasteiger partial charge in [-0.2, -0.15) is 4.31 Å². The monoisotopic (exact) mass is 514 g/mol. The zero-order chi connectivity index (χ0) is 25.7. The van der Waals surface area contributed by atoms with Crippen molar-refractivity contribution in [3.63, 3.8) is 0 Å². The maximum atomic E-state index is 13.2. The summed E-state index contributed by atoms with van der Waals surface area (Å²) in [6, 6.07) is 15.6. The van der Waals surface area contributed by atoms with Gasteiger partial charge in [-0.3, -0.25) is 14.5 Å². The highest BCUT2D eigenvalue weighted by Crippen LogP contribution is 2.28. The van der Waals surface area contributed by atoms with Gasteiger partial charge in [-0.25, -0.2) is 8.42 Å². The lowest BCUT2D eigenvalue weighted by molar-refractivity contribution is -0.135. The average molecular weight is 515 g/mol. The molecule has 2 aliphatic heterocycles. The minimum Gasteiger partial charge on any atom is -0.392 e. The number of likely N-dealkylation sites (tertiary alicyclic amines) is 1. The Bertz CT molecular complexity index is 1170. The van der Waals surface area contributed by atoms with Crippen LogP contribution in [-0.2, 0) is 19.6 Å². The topological polar surface area (TPSA) is 110 Å². The van der Waals surface area contributed by atoms with E-state index in [4.69, 9.17) is 0 Å². The normalized spacial score (nSPS) is 19.8. The number of anilines is 1. The van der Waals surface area contributed by atoms with Crippen molar-refractivity contribution in [1.29, 1.82) is 0 Å². The van der Waals surface area contributed by atoms with E-state index in [0.717, 1.165) is 24.9 Å². The first-order chi connectivity index (χ1) is 17.3. The van der Waals surface area contributed by atoms with Crippen LogP contribution in [0.4, 0.5) is 5.69 Å². The van der Waals surface area contributed by atoms with E-state index in [1.54, 1.807) is 30.1 Å². The molecule has 2 aromatic rings. The first kappa shape index (κ1) is 26.3. The molecule has 0 radical (unpaired) electrons. The molecule has 2 amide bonds. The van der Waals surface area contributed by atoms with Crippen LogP contribution in [0.25, 0.3) is 0 Å². The fourth-order valence-electron chi connectivity index (χ4n) is 4.84. The summed E-state index contributed by atoms with van der Waals surface area (Å²) in [5, 5.41) is 12.6. The van der Waals surface area contributed by atoms with Crippen molar-refractivity contribution in [3.8, 4) is 0 Å². The van der Waals surface area contributed by atoms with Gasteiger partial charge in [0.25, 0.3) is 0 Å². The molecular formula is C26H34N4O5S. The lowest BCUT2D eigenvalue weighted by atomic mass is 10.0. The summed E-state index contributed by atoms with van der Waals surface area (Å²) in [5.74, 6) is -0.944. The highest BCUT2D eigenvalue weighted by atomic mass is 32.2. The van der Waals surface area contributed by atoms with E-state index in [-0.39, 0.29) is 28.6 Å². The van der Waals surface area contributed by atoms with Crippen LogP contribution in [0.3, 0.4) is 0 Å². The molecule has 0 bridgehead atoms. The van der Waals surface area contributed by atoms with Gasteiger partial charge in [-0.15, -0.1) is 0 Å². The Hall–Kier alpha value is -2.79. The minimum atomic E-state index is -3.73. The molecule has 0 spiro atoms. The largest absolute Gasteiger partial charge is 0.392 e. The summed E-state index contributed by atoms with van der Waals surface area (Å²) < 4.78 is 27.6. The molecule has 0 aliphatic carbocycles. The molecule has 2 aliphatic rings. The molecule has 0 aromatic heterocycles. The number of nitrogens with zero attached hydrogens (tertiary/aromatic N) is 3. The molecule has 9 nitrogen and oxygen atoms in total. The molecule has 2 saturated heterocycles. The highest BCUT2D eigenvalue weighted by Gasteiger charge is 2.31. The molecule has 0 saturated carbocycles. The number of benzene rings is 2. The van der Waals surface area contributed by atoms with Gasteiger partial charge in [0, 0.05) is 39.8 Å². The quantitative estimate of drug-likeness (QED) is 0.496. The molecule has 194 valence electrons. The van der Waals surface area contributed by atoms with Crippen LogP contribution in [0.15, 0.2) is 59.5 Å². The molecule has 2 N–H and O–H groups in total. The molecular weight excluding hydrogens is 480 g/mol. The number of hydrogen-bond acceptors (Lipinski definition) is 6. The van der Waals surface area contributed by atoms with Crippen molar-refractivity contribution < 1.29 is 23.1 Å². The van der Waals surface area contributed by atoms with Crippen LogP contribution in [0.1, 0.15) is 37.3 Å². The van der Waals surface area contributed by atoms with Crippen LogP contribution >= 0.6 is 0 Å². The third kappa shape index (κ3) is 6.12. The summed E-state index contributed by atoms with van der Waals surface area (Å²) >= 11 is 0. The van der Waals surface area contributed by atoms with E-state index in [2.05, 4.69) is 10.2 Å². The fraction of sp³-hybridized carbons (Fsp3) is 0.462. The van der Waals surface area contributed by atoms with Gasteiger partial charge >= 0.3 is 0 Å². The predicted octanol–water partition coefficient (Wildman–Crippen LogP) is 2.07. The molecule has 2 atom stereocenters. The molecule has 36 heavy (non-hydrogen) atoms. The average Bonchev–Trinajstić information content (AvgIpc) is 3.55. The molecule has 2 fully saturated rings. The first-order valence-electron chi connectivity index (χ1n) is 12.4. The molecule has 2 aromatic carbocycles. The first-order valence-corrected chi connectivity index (χ1v) is 13.8. The summed E-state index contributed by atoms with van der Waals surface area (Å²) in [6.07, 6.45) is 1.54. The van der Waals surface area contributed by atoms with Crippen molar-refractivity contribution in [2.24, 2.45) is 0 Å². The SMILES string of the molecule is CN(C(=O)CC(=O)Nc1ccccc1S(=O)(=O)N1CCCC1)[C@H](CN1CC[C@H](O)C1)c1ccccc1. The Labute approximate surface area is 212 Å². The summed E-state index contributed by atoms with van der Waals surface area (Å²) in [5.41, 5.74) is 1.12. The Kier molecular flexibility index (Phi) is 8.40. The molecule has 0 unspecified atom stereocenters. The van der Waals surface area contributed by atoms with Crippen molar-refractivity contribution in [2.45, 2.75) is 42.7 Å². The standard InChI is InChI=1S/C26H34N4O5S/c1-28(23(20-9-3-2-4-10-20)19-29-16-13-21(31)18-29)26(33)17-25(32)27-22-11-5-6-12-24(22)36(34,35)30-14-7-8-15-30/h2-6,9-12,21,23,31H,7-8,13-19H2,1H3,(H,27,32)/t21-,23+/m0/s1. The van der Waals surface area contributed by atoms with Gasteiger partial charge in [-0.1, -0.05) is 42.5 Å². The van der Waals surface area contributed by atoms with Crippen molar-refractivity contribution >= 4 is 27.5 Å². The van der Waals surface area contributed by atoms with Crippen LogP contribution in [0.5, 0.6) is 0 Å². The lowest BCUT2D eigenvalue weighted by Crippen LogP contribution is -2.40. The Balaban J connectivity index is 1.45. The summed E-state index contributed by atoms with van der Waals surface area (Å²) in [7, 11) is -2.06. The number of carbonyl (C=O) groups is 2. The van der Waals surface area contributed by atoms with Crippen molar-refractivity contribution in [2.75, 3.05) is 45.1 Å². The zero-order valence-corrected chi connectivity index (χ0v) is 21.4. The van der Waals surface area contributed by atoms with E-state index in [9.17, 15) is 23.1 Å². The van der Waals surface area contributed by atoms with Gasteiger partial charge in [0.1, 0.15) is 11.3 Å². The van der Waals surface area contributed by atoms with E-state index in [0.29, 0.717) is 32.6 Å². The van der Waals surface area contributed by atoms with Gasteiger partial charge in [0.15, 0.2) is 0 Å². The second-order valence-corrected chi connectivity index (χ2v) is 11.4. The number of carbonyl (C=O) groups excluding carboxylic acids is 2. The maximum absolute atomic E-state index is 13.2. The number of nitrogens with one attached hydrogen (secondary N) is 1. The smallest absolute Gasteiger partial charge is 0.245 e. The zero-order valence-electron chi connectivity index (χ0n) is 20.5. The Morgan fingerprint density at radius 2 is 1.72 bits per heavy atom. The number of sulfonamides is 1. The number of likely N-dealkylation sites (N-methyl/N-ethyl adjacent to an activating group) is 1. The maximum Gasteiger partial charge on any atom is 0.245 e. The number of aliphatic hydroxyl groups is 1. The van der Waals surface area contributed by atoms with E-state index >= 15 is 0 Å². The fourth-order valence-corrected chi connectivity index (χ4v) is 6.51. The number of para-hydroxylation sites is 1. The van der Waals surface area contributed by atoms with Crippen LogP contribution in [0, 0.1) is 0 Å². The third-order valence-corrected chi connectivity index (χ3v) is 8.84. The minimum absolute atomic E-state index is 0.0378. The van der Waals surface area contributed by atoms with E-state index in [1.165, 1.54) is 10.4 Å². The van der Waals surface area contributed by atoms with E-state index < -0.39 is 22.4 Å². The molecule has 4 rings (SSSR count). The number of hydrogen-bond donors (Lipinski definition) is 2. The van der Waals surface area contributed by atoms with Gasteiger partial charge in [0.05, 0.1) is 17.8 Å². The van der Waals surface area contributed by atoms with Crippen LogP contribution in [-0.4, -0.2) is 85.3 Å². The summed E-state index contributed by atoms with van der Waals surface area (Å²) in [6.45, 7) is 2.76. The number of amides is 2. The van der Waals surface area contributed by atoms with Gasteiger partial charge in [0.2, 0.25) is 21.8 Å². The predicted molar refractivity (Wildman–Crippen MR) is 137 cm³/mol. The Morgan fingerprint density at radius 3 is 2.39 bits per heavy atom. The van der Waals surface area contributed by atoms with Crippen LogP contribution < -0.4 is 5.32 Å². The third-order valence-electron chi connectivity index (χ3n) is 6.88. The number of rotatable bonds is 9. The highest BCUT2D eigenvalue weighted by molar-refractivity contribution is 7.89. The van der Waals surface area contributed by atoms with E-state index in [1.807, 2.05) is 30.3 Å². The molecule has 10 heteroatoms. The number of β-amino-alcohol motifs (C(OH)–C–C–N with tert-alkyl or cyclic N) is 1. The van der Waals surface area contributed by atoms with Gasteiger partial charge in [-0.05, 0) is 37.0 Å². The molecule has 2 heterocycles. The van der Waals surface area contributed by atoms with Crippen LogP contribution in [0.2, 0.25) is 0 Å². The number of aliphatic hydroxyl groups excluding tert-OH is 1.